The zero-order chi connectivity index (χ0) is 23.9. The lowest BCUT2D eigenvalue weighted by atomic mass is 9.76. The standard InChI is InChI=1S/C27H41N3O3S.H2/c1-4-23-15-24-25(34-23)7-12-33-27(24)8-11-30(18(2)16-27)17-20-13-22(14-20)28-26(32)21-5-9-29(10-6-21)19(3)31;/h15,18,20-22H,4-14,16-17H2,1-3H3,(H,28,32);1H/t18-,20?,22?,27+;/m0./s1. The van der Waals surface area contributed by atoms with Gasteiger partial charge >= 0.3 is 0 Å². The molecule has 7 heteroatoms. The summed E-state index contributed by atoms with van der Waals surface area (Å²) in [5.41, 5.74) is 1.43. The first kappa shape index (κ1) is 24.3. The number of rotatable bonds is 5. The third kappa shape index (κ3) is 4.80. The number of carbonyl (C=O) groups excluding carboxylic acids is 2. The minimum atomic E-state index is -0.0679. The minimum Gasteiger partial charge on any atom is -0.370 e. The van der Waals surface area contributed by atoms with Crippen LogP contribution in [0, 0.1) is 11.8 Å². The van der Waals surface area contributed by atoms with Crippen LogP contribution in [-0.4, -0.2) is 66.5 Å². The molecule has 2 atom stereocenters. The Balaban J connectivity index is 0.00000289. The van der Waals surface area contributed by atoms with Crippen molar-refractivity contribution in [3.63, 3.8) is 0 Å². The van der Waals surface area contributed by atoms with E-state index in [9.17, 15) is 9.59 Å². The molecule has 3 aliphatic heterocycles. The van der Waals surface area contributed by atoms with Crippen LogP contribution in [0.15, 0.2) is 6.07 Å². The lowest BCUT2D eigenvalue weighted by Crippen LogP contribution is -2.54. The Morgan fingerprint density at radius 1 is 1.26 bits per heavy atom. The summed E-state index contributed by atoms with van der Waals surface area (Å²) in [7, 11) is 0. The lowest BCUT2D eigenvalue weighted by Gasteiger charge is -2.49. The zero-order valence-electron chi connectivity index (χ0n) is 21.1. The summed E-state index contributed by atoms with van der Waals surface area (Å²) >= 11 is 2.00. The zero-order valence-corrected chi connectivity index (χ0v) is 21.9. The average Bonchev–Trinajstić information content (AvgIpc) is 3.24. The Morgan fingerprint density at radius 2 is 2.03 bits per heavy atom. The third-order valence-electron chi connectivity index (χ3n) is 8.84. The van der Waals surface area contributed by atoms with Crippen LogP contribution in [-0.2, 0) is 32.8 Å². The van der Waals surface area contributed by atoms with Gasteiger partial charge in [0.25, 0.3) is 0 Å². The number of hydrogen-bond donors (Lipinski definition) is 1. The van der Waals surface area contributed by atoms with Gasteiger partial charge in [0.05, 0.1) is 12.2 Å². The molecule has 2 amide bonds. The van der Waals surface area contributed by atoms with Crippen LogP contribution < -0.4 is 5.32 Å². The maximum atomic E-state index is 12.7. The van der Waals surface area contributed by atoms with E-state index < -0.39 is 0 Å². The fraction of sp³-hybridized carbons (Fsp3) is 0.778. The van der Waals surface area contributed by atoms with Crippen LogP contribution in [0.3, 0.4) is 0 Å². The fourth-order valence-corrected chi connectivity index (χ4v) is 7.83. The highest BCUT2D eigenvalue weighted by Gasteiger charge is 2.45. The Kier molecular flexibility index (Phi) is 7.07. The number of ether oxygens (including phenoxy) is 1. The second-order valence-corrected chi connectivity index (χ2v) is 12.3. The van der Waals surface area contributed by atoms with Crippen molar-refractivity contribution in [1.29, 1.82) is 0 Å². The molecular formula is C27H43N3O3S. The Bertz CT molecular complexity index is 909. The molecule has 0 radical (unpaired) electrons. The summed E-state index contributed by atoms with van der Waals surface area (Å²) in [6.45, 7) is 10.8. The van der Waals surface area contributed by atoms with Crippen molar-refractivity contribution in [3.8, 4) is 0 Å². The Hall–Kier alpha value is -1.44. The van der Waals surface area contributed by atoms with Crippen molar-refractivity contribution in [1.82, 2.24) is 15.1 Å². The Morgan fingerprint density at radius 3 is 2.71 bits per heavy atom. The smallest absolute Gasteiger partial charge is 0.223 e. The number of aryl methyl sites for hydroxylation is 1. The van der Waals surface area contributed by atoms with Gasteiger partial charge in [0.2, 0.25) is 11.8 Å². The summed E-state index contributed by atoms with van der Waals surface area (Å²) in [5.74, 6) is 1.07. The number of carbonyl (C=O) groups is 2. The van der Waals surface area contributed by atoms with E-state index in [2.05, 4.69) is 30.1 Å². The summed E-state index contributed by atoms with van der Waals surface area (Å²) < 4.78 is 6.50. The second kappa shape index (κ2) is 9.90. The number of nitrogens with one attached hydrogen (secondary N) is 1. The van der Waals surface area contributed by atoms with E-state index in [1.165, 1.54) is 10.4 Å². The van der Waals surface area contributed by atoms with Crippen LogP contribution >= 0.6 is 11.3 Å². The lowest BCUT2D eigenvalue weighted by molar-refractivity contribution is -0.134. The topological polar surface area (TPSA) is 61.9 Å². The van der Waals surface area contributed by atoms with Crippen LogP contribution in [0.4, 0.5) is 0 Å². The number of nitrogens with zero attached hydrogens (tertiary/aromatic N) is 2. The van der Waals surface area contributed by atoms with E-state index in [0.717, 1.165) is 71.1 Å². The van der Waals surface area contributed by atoms with E-state index in [-0.39, 0.29) is 24.8 Å². The Labute approximate surface area is 209 Å². The molecule has 1 aliphatic carbocycles. The summed E-state index contributed by atoms with van der Waals surface area (Å²) in [5, 5.41) is 3.29. The molecule has 190 valence electrons. The highest BCUT2D eigenvalue weighted by Crippen LogP contribution is 2.46. The molecule has 1 aromatic rings. The molecule has 0 bridgehead atoms. The van der Waals surface area contributed by atoms with E-state index in [1.54, 1.807) is 11.8 Å². The molecule has 1 N–H and O–H groups in total. The number of likely N-dealkylation sites (tertiary alicyclic amines) is 2. The molecule has 1 spiro atoms. The number of hydrogen-bond acceptors (Lipinski definition) is 5. The van der Waals surface area contributed by atoms with Gasteiger partial charge in [0.15, 0.2) is 0 Å². The van der Waals surface area contributed by atoms with Crippen molar-refractivity contribution in [2.45, 2.75) is 89.8 Å². The predicted molar refractivity (Wildman–Crippen MR) is 137 cm³/mol. The molecular weight excluding hydrogens is 446 g/mol. The number of thiophene rings is 1. The van der Waals surface area contributed by atoms with E-state index in [4.69, 9.17) is 4.74 Å². The SMILES string of the molecule is CCc1cc2c(s1)CCO[C@@]21CCN(CC2CC(NC(=O)C3CCN(C(C)=O)CC3)C2)[C@@H](C)C1.[HH]. The normalized spacial score (nSPS) is 32.3. The molecule has 5 rings (SSSR count). The van der Waals surface area contributed by atoms with Gasteiger partial charge in [-0.1, -0.05) is 6.92 Å². The number of amides is 2. The molecule has 1 saturated carbocycles. The first-order valence-corrected chi connectivity index (χ1v) is 14.2. The number of piperidine rings is 2. The third-order valence-corrected chi connectivity index (χ3v) is 10.2. The van der Waals surface area contributed by atoms with Crippen molar-refractivity contribution in [2.24, 2.45) is 11.8 Å². The molecule has 1 aromatic heterocycles. The van der Waals surface area contributed by atoms with Gasteiger partial charge in [-0.25, -0.2) is 0 Å². The van der Waals surface area contributed by atoms with Crippen LogP contribution in [0.5, 0.6) is 0 Å². The van der Waals surface area contributed by atoms with Crippen molar-refractivity contribution in [3.05, 3.63) is 21.4 Å². The minimum absolute atomic E-state index is 0. The molecule has 2 saturated heterocycles. The van der Waals surface area contributed by atoms with Gasteiger partial charge in [-0.15, -0.1) is 11.3 Å². The van der Waals surface area contributed by atoms with Gasteiger partial charge in [-0.2, -0.15) is 0 Å². The highest BCUT2D eigenvalue weighted by atomic mass is 32.1. The predicted octanol–water partition coefficient (Wildman–Crippen LogP) is 3.96. The molecule has 3 fully saturated rings. The quantitative estimate of drug-likeness (QED) is 0.680. The molecule has 0 aromatic carbocycles. The van der Waals surface area contributed by atoms with Gasteiger partial charge in [0, 0.05) is 68.7 Å². The van der Waals surface area contributed by atoms with E-state index in [0.29, 0.717) is 31.1 Å². The van der Waals surface area contributed by atoms with Gasteiger partial charge in [-0.3, -0.25) is 9.59 Å². The monoisotopic (exact) mass is 489 g/mol. The van der Waals surface area contributed by atoms with Gasteiger partial charge in [-0.05, 0) is 69.4 Å². The first-order chi connectivity index (χ1) is 16.4. The molecule has 34 heavy (non-hydrogen) atoms. The maximum absolute atomic E-state index is 12.7. The highest BCUT2D eigenvalue weighted by molar-refractivity contribution is 7.12. The van der Waals surface area contributed by atoms with E-state index in [1.807, 2.05) is 16.2 Å². The summed E-state index contributed by atoms with van der Waals surface area (Å²) in [4.78, 5) is 31.8. The van der Waals surface area contributed by atoms with Crippen LogP contribution in [0.2, 0.25) is 0 Å². The first-order valence-electron chi connectivity index (χ1n) is 13.4. The maximum Gasteiger partial charge on any atom is 0.223 e. The van der Waals surface area contributed by atoms with Crippen molar-refractivity contribution < 1.29 is 15.8 Å². The van der Waals surface area contributed by atoms with Crippen molar-refractivity contribution in [2.75, 3.05) is 32.8 Å². The van der Waals surface area contributed by atoms with Gasteiger partial charge in [0.1, 0.15) is 0 Å². The summed E-state index contributed by atoms with van der Waals surface area (Å²) in [6.07, 6.45) is 8.15. The second-order valence-electron chi connectivity index (χ2n) is 11.1. The fourth-order valence-electron chi connectivity index (χ4n) is 6.66. The largest absolute Gasteiger partial charge is 0.370 e. The van der Waals surface area contributed by atoms with Crippen molar-refractivity contribution >= 4 is 23.2 Å². The number of fused-ring (bicyclic) bond motifs is 2. The average molecular weight is 490 g/mol. The van der Waals surface area contributed by atoms with Crippen LogP contribution in [0.25, 0.3) is 0 Å². The van der Waals surface area contributed by atoms with E-state index >= 15 is 0 Å². The summed E-state index contributed by atoms with van der Waals surface area (Å²) in [6, 6.07) is 3.28. The molecule has 6 nitrogen and oxygen atoms in total. The van der Waals surface area contributed by atoms with Gasteiger partial charge < -0.3 is 19.9 Å². The molecule has 4 heterocycles. The molecule has 4 aliphatic rings. The van der Waals surface area contributed by atoms with Crippen LogP contribution in [0.1, 0.15) is 76.0 Å². The molecule has 0 unspecified atom stereocenters.